The summed E-state index contributed by atoms with van der Waals surface area (Å²) in [4.78, 5) is 34.2. The number of amides is 1. The van der Waals surface area contributed by atoms with Gasteiger partial charge in [0, 0.05) is 57.9 Å². The standard InChI is InChI=1S/C21H32N6O3.HI/c1-2-22-21(23-16-18-7-6-8-19(15-18)27(29)30)26-13-11-24(12-14-26)17-20(28)25-9-4-3-5-10-25;/h6-8,15H,2-5,9-14,16-17H2,1H3,(H,22,23);1H. The van der Waals surface area contributed by atoms with Gasteiger partial charge in [0.1, 0.15) is 0 Å². The first-order valence-corrected chi connectivity index (χ1v) is 10.8. The molecule has 1 amide bonds. The third kappa shape index (κ3) is 7.60. The van der Waals surface area contributed by atoms with Crippen molar-refractivity contribution < 1.29 is 9.72 Å². The fourth-order valence-electron chi connectivity index (χ4n) is 3.91. The van der Waals surface area contributed by atoms with Crippen LogP contribution in [-0.4, -0.2) is 83.8 Å². The highest BCUT2D eigenvalue weighted by atomic mass is 127. The topological polar surface area (TPSA) is 94.3 Å². The second kappa shape index (κ2) is 12.8. The van der Waals surface area contributed by atoms with Gasteiger partial charge < -0.3 is 15.1 Å². The van der Waals surface area contributed by atoms with E-state index in [9.17, 15) is 14.9 Å². The van der Waals surface area contributed by atoms with Crippen LogP contribution in [0.2, 0.25) is 0 Å². The lowest BCUT2D eigenvalue weighted by Gasteiger charge is -2.37. The third-order valence-electron chi connectivity index (χ3n) is 5.61. The smallest absolute Gasteiger partial charge is 0.269 e. The van der Waals surface area contributed by atoms with E-state index in [0.29, 0.717) is 13.1 Å². The number of nitro benzene ring substituents is 1. The van der Waals surface area contributed by atoms with Crippen LogP contribution in [0.1, 0.15) is 31.7 Å². The number of hydrogen-bond acceptors (Lipinski definition) is 5. The zero-order valence-electron chi connectivity index (χ0n) is 18.2. The van der Waals surface area contributed by atoms with Crippen molar-refractivity contribution >= 4 is 41.5 Å². The van der Waals surface area contributed by atoms with Crippen LogP contribution in [0.3, 0.4) is 0 Å². The van der Waals surface area contributed by atoms with Crippen molar-refractivity contribution in [2.45, 2.75) is 32.7 Å². The lowest BCUT2D eigenvalue weighted by atomic mass is 10.1. The fourth-order valence-corrected chi connectivity index (χ4v) is 3.91. The van der Waals surface area contributed by atoms with E-state index in [1.807, 2.05) is 17.9 Å². The summed E-state index contributed by atoms with van der Waals surface area (Å²) in [5.74, 6) is 1.06. The van der Waals surface area contributed by atoms with Gasteiger partial charge in [-0.1, -0.05) is 12.1 Å². The summed E-state index contributed by atoms with van der Waals surface area (Å²) >= 11 is 0. The van der Waals surface area contributed by atoms with Crippen molar-refractivity contribution in [3.05, 3.63) is 39.9 Å². The Hall–Kier alpha value is -1.95. The van der Waals surface area contributed by atoms with E-state index in [-0.39, 0.29) is 40.5 Å². The average molecular weight is 544 g/mol. The van der Waals surface area contributed by atoms with Gasteiger partial charge in [-0.05, 0) is 31.7 Å². The summed E-state index contributed by atoms with van der Waals surface area (Å²) in [5.41, 5.74) is 0.894. The van der Waals surface area contributed by atoms with Gasteiger partial charge in [-0.2, -0.15) is 0 Å². The molecule has 0 bridgehead atoms. The molecule has 1 N–H and O–H groups in total. The Morgan fingerprint density at radius 1 is 1.10 bits per heavy atom. The molecule has 1 aromatic rings. The zero-order chi connectivity index (χ0) is 21.3. The van der Waals surface area contributed by atoms with Gasteiger partial charge in [-0.25, -0.2) is 4.99 Å². The predicted molar refractivity (Wildman–Crippen MR) is 132 cm³/mol. The van der Waals surface area contributed by atoms with Gasteiger partial charge >= 0.3 is 0 Å². The van der Waals surface area contributed by atoms with Crippen molar-refractivity contribution in [2.75, 3.05) is 52.4 Å². The number of piperazine rings is 1. The number of guanidine groups is 1. The van der Waals surface area contributed by atoms with Crippen molar-refractivity contribution in [2.24, 2.45) is 4.99 Å². The van der Waals surface area contributed by atoms with E-state index in [1.165, 1.54) is 12.5 Å². The van der Waals surface area contributed by atoms with Crippen LogP contribution in [0, 0.1) is 10.1 Å². The molecule has 10 heteroatoms. The Morgan fingerprint density at radius 3 is 2.45 bits per heavy atom. The summed E-state index contributed by atoms with van der Waals surface area (Å²) in [6, 6.07) is 6.60. The quantitative estimate of drug-likeness (QED) is 0.194. The molecule has 0 aromatic heterocycles. The molecule has 0 spiro atoms. The van der Waals surface area contributed by atoms with Gasteiger partial charge in [0.15, 0.2) is 5.96 Å². The molecule has 3 rings (SSSR count). The van der Waals surface area contributed by atoms with Crippen LogP contribution >= 0.6 is 24.0 Å². The van der Waals surface area contributed by atoms with E-state index in [4.69, 9.17) is 0 Å². The van der Waals surface area contributed by atoms with E-state index in [0.717, 1.165) is 70.2 Å². The Balaban J connectivity index is 0.00000341. The molecule has 9 nitrogen and oxygen atoms in total. The van der Waals surface area contributed by atoms with Gasteiger partial charge in [-0.3, -0.25) is 19.8 Å². The molecule has 0 aliphatic carbocycles. The molecule has 2 saturated heterocycles. The minimum Gasteiger partial charge on any atom is -0.357 e. The molecule has 1 aromatic carbocycles. The SMILES string of the molecule is CCNC(=NCc1cccc([N+](=O)[O-])c1)N1CCN(CC(=O)N2CCCCC2)CC1.I. The number of piperidine rings is 1. The Labute approximate surface area is 201 Å². The summed E-state index contributed by atoms with van der Waals surface area (Å²) in [7, 11) is 0. The maximum Gasteiger partial charge on any atom is 0.269 e. The van der Waals surface area contributed by atoms with Crippen molar-refractivity contribution in [1.82, 2.24) is 20.0 Å². The number of benzene rings is 1. The van der Waals surface area contributed by atoms with E-state index in [1.54, 1.807) is 12.1 Å². The minimum absolute atomic E-state index is 0. The zero-order valence-corrected chi connectivity index (χ0v) is 20.5. The molecule has 2 aliphatic rings. The number of likely N-dealkylation sites (tertiary alicyclic amines) is 1. The first-order chi connectivity index (χ1) is 14.6. The number of halogens is 1. The lowest BCUT2D eigenvalue weighted by Crippen LogP contribution is -2.54. The number of hydrogen-bond donors (Lipinski definition) is 1. The van der Waals surface area contributed by atoms with Crippen LogP contribution < -0.4 is 5.32 Å². The number of nitrogens with zero attached hydrogens (tertiary/aromatic N) is 5. The molecule has 2 fully saturated rings. The molecular weight excluding hydrogens is 511 g/mol. The number of carbonyl (C=O) groups excluding carboxylic acids is 1. The highest BCUT2D eigenvalue weighted by molar-refractivity contribution is 14.0. The first-order valence-electron chi connectivity index (χ1n) is 10.8. The number of rotatable bonds is 6. The van der Waals surface area contributed by atoms with E-state index >= 15 is 0 Å². The van der Waals surface area contributed by atoms with Crippen LogP contribution in [0.4, 0.5) is 5.69 Å². The van der Waals surface area contributed by atoms with Gasteiger partial charge in [0.05, 0.1) is 18.0 Å². The predicted octanol–water partition coefficient (Wildman–Crippen LogP) is 2.31. The first kappa shape index (κ1) is 25.3. The maximum atomic E-state index is 12.5. The normalized spacial score (nSPS) is 17.8. The number of aliphatic imine (C=N–C) groups is 1. The van der Waals surface area contributed by atoms with Crippen LogP contribution in [0.5, 0.6) is 0 Å². The van der Waals surface area contributed by atoms with Gasteiger partial charge in [0.2, 0.25) is 5.91 Å². The molecule has 172 valence electrons. The maximum absolute atomic E-state index is 12.5. The molecule has 0 atom stereocenters. The Kier molecular flexibility index (Phi) is 10.4. The highest BCUT2D eigenvalue weighted by Crippen LogP contribution is 2.14. The molecule has 2 aliphatic heterocycles. The van der Waals surface area contributed by atoms with Gasteiger partial charge in [-0.15, -0.1) is 24.0 Å². The lowest BCUT2D eigenvalue weighted by molar-refractivity contribution is -0.384. The van der Waals surface area contributed by atoms with Crippen molar-refractivity contribution in [3.8, 4) is 0 Å². The number of nitrogens with one attached hydrogen (secondary N) is 1. The third-order valence-corrected chi connectivity index (χ3v) is 5.61. The number of carbonyl (C=O) groups is 1. The highest BCUT2D eigenvalue weighted by Gasteiger charge is 2.24. The molecule has 0 radical (unpaired) electrons. The van der Waals surface area contributed by atoms with E-state index < -0.39 is 0 Å². The van der Waals surface area contributed by atoms with Crippen LogP contribution in [0.15, 0.2) is 29.3 Å². The summed E-state index contributed by atoms with van der Waals surface area (Å²) in [6.07, 6.45) is 3.46. The minimum atomic E-state index is -0.386. The van der Waals surface area contributed by atoms with Crippen LogP contribution in [-0.2, 0) is 11.3 Å². The van der Waals surface area contributed by atoms with Crippen LogP contribution in [0.25, 0.3) is 0 Å². The van der Waals surface area contributed by atoms with Crippen molar-refractivity contribution in [3.63, 3.8) is 0 Å². The Morgan fingerprint density at radius 2 is 1.81 bits per heavy atom. The fraction of sp³-hybridized carbons (Fsp3) is 0.619. The largest absolute Gasteiger partial charge is 0.357 e. The molecule has 0 unspecified atom stereocenters. The second-order valence-electron chi connectivity index (χ2n) is 7.80. The summed E-state index contributed by atoms with van der Waals surface area (Å²) in [5, 5.41) is 14.3. The second-order valence-corrected chi connectivity index (χ2v) is 7.80. The van der Waals surface area contributed by atoms with Crippen molar-refractivity contribution in [1.29, 1.82) is 0 Å². The molecule has 2 heterocycles. The average Bonchev–Trinajstić information content (AvgIpc) is 2.78. The molecule has 31 heavy (non-hydrogen) atoms. The van der Waals surface area contributed by atoms with Gasteiger partial charge in [0.25, 0.3) is 5.69 Å². The summed E-state index contributed by atoms with van der Waals surface area (Å²) < 4.78 is 0. The monoisotopic (exact) mass is 544 g/mol. The molecular formula is C21H33IN6O3. The summed E-state index contributed by atoms with van der Waals surface area (Å²) in [6.45, 7) is 8.69. The van der Waals surface area contributed by atoms with E-state index in [2.05, 4.69) is 20.1 Å². The Bertz CT molecular complexity index is 761. The number of nitro groups is 1. The number of non-ortho nitro benzene ring substituents is 1. The molecule has 0 saturated carbocycles.